The fourth-order valence-electron chi connectivity index (χ4n) is 6.04. The summed E-state index contributed by atoms with van der Waals surface area (Å²) in [4.78, 5) is 34.5. The third-order valence-corrected chi connectivity index (χ3v) is 8.58. The van der Waals surface area contributed by atoms with Crippen molar-refractivity contribution < 1.29 is 19.1 Å². The minimum Gasteiger partial charge on any atom is -0.445 e. The molecule has 3 aromatic carbocycles. The summed E-state index contributed by atoms with van der Waals surface area (Å²) in [6, 6.07) is 25.7. The van der Waals surface area contributed by atoms with Crippen LogP contribution in [-0.4, -0.2) is 74.6 Å². The van der Waals surface area contributed by atoms with Crippen molar-refractivity contribution in [3.05, 3.63) is 109 Å². The maximum atomic E-state index is 13.8. The molecule has 6 rings (SSSR count). The zero-order chi connectivity index (χ0) is 31.7. The molecule has 0 unspecified atom stereocenters. The molecule has 0 aliphatic carbocycles. The zero-order valence-electron chi connectivity index (χ0n) is 26.2. The van der Waals surface area contributed by atoms with Crippen molar-refractivity contribution in [1.29, 1.82) is 0 Å². The molecule has 0 spiro atoms. The Morgan fingerprint density at radius 2 is 1.74 bits per heavy atom. The maximum Gasteiger partial charge on any atom is 0.410 e. The molecule has 238 valence electrons. The van der Waals surface area contributed by atoms with Gasteiger partial charge in [-0.05, 0) is 47.6 Å². The number of methoxy groups -OCH3 is 1. The number of fused-ring (bicyclic) bond motifs is 1. The van der Waals surface area contributed by atoms with Gasteiger partial charge in [0, 0.05) is 57.9 Å². The highest BCUT2D eigenvalue weighted by molar-refractivity contribution is 5.95. The van der Waals surface area contributed by atoms with E-state index in [1.165, 1.54) is 4.68 Å². The van der Waals surface area contributed by atoms with E-state index >= 15 is 0 Å². The van der Waals surface area contributed by atoms with Gasteiger partial charge in [-0.25, -0.2) is 14.6 Å². The van der Waals surface area contributed by atoms with E-state index in [4.69, 9.17) is 14.6 Å². The number of carbonyl (C=O) groups is 2. The number of hydrogen-bond donors (Lipinski definition) is 0. The Kier molecular flexibility index (Phi) is 10.0. The Morgan fingerprint density at radius 1 is 0.957 bits per heavy atom. The summed E-state index contributed by atoms with van der Waals surface area (Å²) in [6.45, 7) is 3.83. The van der Waals surface area contributed by atoms with Crippen molar-refractivity contribution in [2.45, 2.75) is 39.0 Å². The number of hydrogen-bond acceptors (Lipinski definition) is 6. The van der Waals surface area contributed by atoms with Crippen LogP contribution in [0.1, 0.15) is 30.5 Å². The summed E-state index contributed by atoms with van der Waals surface area (Å²) >= 11 is 0. The number of piperidine rings is 1. The molecule has 3 heterocycles. The number of rotatable bonds is 11. The van der Waals surface area contributed by atoms with Crippen LogP contribution in [0.3, 0.4) is 0 Å². The summed E-state index contributed by atoms with van der Waals surface area (Å²) in [7, 11) is 1.67. The molecule has 5 aromatic rings. The molecule has 0 atom stereocenters. The monoisotopic (exact) mass is 620 g/mol. The van der Waals surface area contributed by atoms with Crippen LogP contribution in [0.4, 0.5) is 9.59 Å². The van der Waals surface area contributed by atoms with Crippen molar-refractivity contribution in [2.24, 2.45) is 5.92 Å². The summed E-state index contributed by atoms with van der Waals surface area (Å²) in [5.41, 5.74) is 3.68. The maximum absolute atomic E-state index is 13.8. The van der Waals surface area contributed by atoms with E-state index < -0.39 is 0 Å². The van der Waals surface area contributed by atoms with Gasteiger partial charge in [0.2, 0.25) is 0 Å². The van der Waals surface area contributed by atoms with Crippen molar-refractivity contribution >= 4 is 22.9 Å². The molecule has 46 heavy (non-hydrogen) atoms. The molecule has 2 aromatic heterocycles. The highest BCUT2D eigenvalue weighted by Crippen LogP contribution is 2.27. The smallest absolute Gasteiger partial charge is 0.410 e. The number of benzene rings is 3. The number of carbonyl (C=O) groups excluding carboxylic acids is 2. The average Bonchev–Trinajstić information content (AvgIpc) is 3.77. The molecule has 0 radical (unpaired) electrons. The Labute approximate surface area is 269 Å². The number of nitrogens with zero attached hydrogens (tertiary/aromatic N) is 6. The van der Waals surface area contributed by atoms with Gasteiger partial charge in [-0.1, -0.05) is 72.8 Å². The van der Waals surface area contributed by atoms with Crippen LogP contribution in [0.5, 0.6) is 0 Å². The van der Waals surface area contributed by atoms with Crippen LogP contribution >= 0.6 is 0 Å². The van der Waals surface area contributed by atoms with E-state index in [2.05, 4.69) is 27.8 Å². The standard InChI is InChI=1S/C36H40N6O4/c1-45-22-8-18-40(35(43)42-21-17-34(38-42)33-14-7-12-30-11-5-6-13-32(30)33)25-31-23-37-27-41(31)24-28-15-19-39(20-16-28)36(44)46-26-29-9-3-2-4-10-29/h2-7,9-14,17,21,23,27-28H,8,15-16,18-20,22,24-26H2,1H3. The number of likely N-dealkylation sites (tertiary alicyclic amines) is 1. The third-order valence-electron chi connectivity index (χ3n) is 8.58. The molecular weight excluding hydrogens is 580 g/mol. The third kappa shape index (κ3) is 7.46. The molecule has 1 fully saturated rings. The normalized spacial score (nSPS) is 13.6. The van der Waals surface area contributed by atoms with Crippen molar-refractivity contribution in [3.63, 3.8) is 0 Å². The topological polar surface area (TPSA) is 94.7 Å². The second-order valence-corrected chi connectivity index (χ2v) is 11.7. The van der Waals surface area contributed by atoms with Gasteiger partial charge in [-0.15, -0.1) is 0 Å². The van der Waals surface area contributed by atoms with Crippen molar-refractivity contribution in [3.8, 4) is 11.3 Å². The largest absolute Gasteiger partial charge is 0.445 e. The fraction of sp³-hybridized carbons (Fsp3) is 0.333. The van der Waals surface area contributed by atoms with Gasteiger partial charge < -0.3 is 23.8 Å². The van der Waals surface area contributed by atoms with Gasteiger partial charge in [0.1, 0.15) is 6.61 Å². The first-order valence-electron chi connectivity index (χ1n) is 15.9. The Balaban J connectivity index is 1.08. The lowest BCUT2D eigenvalue weighted by Crippen LogP contribution is -2.40. The second-order valence-electron chi connectivity index (χ2n) is 11.7. The van der Waals surface area contributed by atoms with Gasteiger partial charge in [0.15, 0.2) is 0 Å². The lowest BCUT2D eigenvalue weighted by Gasteiger charge is -2.32. The second kappa shape index (κ2) is 14.9. The van der Waals surface area contributed by atoms with E-state index in [-0.39, 0.29) is 18.7 Å². The molecule has 1 aliphatic rings. The molecule has 10 heteroatoms. The average molecular weight is 621 g/mol. The van der Waals surface area contributed by atoms with Crippen LogP contribution in [-0.2, 0) is 29.2 Å². The van der Waals surface area contributed by atoms with E-state index in [0.717, 1.165) is 52.7 Å². The first-order chi connectivity index (χ1) is 22.6. The van der Waals surface area contributed by atoms with Crippen LogP contribution in [0.25, 0.3) is 22.0 Å². The molecule has 1 saturated heterocycles. The van der Waals surface area contributed by atoms with Crippen LogP contribution < -0.4 is 0 Å². The lowest BCUT2D eigenvalue weighted by atomic mass is 9.97. The molecular formula is C36H40N6O4. The van der Waals surface area contributed by atoms with Gasteiger partial charge in [0.25, 0.3) is 0 Å². The molecule has 10 nitrogen and oxygen atoms in total. The van der Waals surface area contributed by atoms with Crippen LogP contribution in [0.2, 0.25) is 0 Å². The minimum atomic E-state index is -0.266. The Morgan fingerprint density at radius 3 is 2.57 bits per heavy atom. The van der Waals surface area contributed by atoms with Crippen molar-refractivity contribution in [1.82, 2.24) is 29.1 Å². The quantitative estimate of drug-likeness (QED) is 0.158. The van der Waals surface area contributed by atoms with E-state index in [1.54, 1.807) is 23.1 Å². The van der Waals surface area contributed by atoms with E-state index in [9.17, 15) is 9.59 Å². The minimum absolute atomic E-state index is 0.197. The molecule has 2 amide bonds. The number of imidazole rings is 1. The number of ether oxygens (including phenoxy) is 2. The van der Waals surface area contributed by atoms with Gasteiger partial charge in [-0.2, -0.15) is 9.78 Å². The molecule has 0 bridgehead atoms. The molecule has 1 aliphatic heterocycles. The summed E-state index contributed by atoms with van der Waals surface area (Å²) < 4.78 is 14.4. The first-order valence-corrected chi connectivity index (χ1v) is 15.9. The van der Waals surface area contributed by atoms with E-state index in [1.807, 2.05) is 73.2 Å². The van der Waals surface area contributed by atoms with Crippen LogP contribution in [0, 0.1) is 5.92 Å². The fourth-order valence-corrected chi connectivity index (χ4v) is 6.04. The van der Waals surface area contributed by atoms with E-state index in [0.29, 0.717) is 45.1 Å². The summed E-state index contributed by atoms with van der Waals surface area (Å²) in [6.07, 6.45) is 7.58. The van der Waals surface area contributed by atoms with Gasteiger partial charge >= 0.3 is 12.1 Å². The van der Waals surface area contributed by atoms with Crippen molar-refractivity contribution in [2.75, 3.05) is 33.4 Å². The zero-order valence-corrected chi connectivity index (χ0v) is 26.2. The Bertz CT molecular complexity index is 1740. The van der Waals surface area contributed by atoms with Crippen LogP contribution in [0.15, 0.2) is 97.6 Å². The number of amides is 2. The van der Waals surface area contributed by atoms with Gasteiger partial charge in [0.05, 0.1) is 24.3 Å². The lowest BCUT2D eigenvalue weighted by molar-refractivity contribution is 0.0806. The molecule has 0 N–H and O–H groups in total. The Hall–Kier alpha value is -4.96. The highest BCUT2D eigenvalue weighted by atomic mass is 16.6. The SMILES string of the molecule is COCCCN(Cc1cncn1CC1CCN(C(=O)OCc2ccccc2)CC1)C(=O)n1ccc(-c2cccc3ccccc23)n1. The predicted octanol–water partition coefficient (Wildman–Crippen LogP) is 6.46. The highest BCUT2D eigenvalue weighted by Gasteiger charge is 2.25. The predicted molar refractivity (Wildman–Crippen MR) is 176 cm³/mol. The first kappa shape index (κ1) is 31.0. The summed E-state index contributed by atoms with van der Waals surface area (Å²) in [5, 5.41) is 6.93. The summed E-state index contributed by atoms with van der Waals surface area (Å²) in [5.74, 6) is 0.387. The number of aromatic nitrogens is 4. The molecule has 0 saturated carbocycles. The van der Waals surface area contributed by atoms with Gasteiger partial charge in [-0.3, -0.25) is 0 Å².